The molecule has 0 amide bonds. The molecule has 4 nitrogen and oxygen atoms in total. The maximum absolute atomic E-state index is 6.45. The Morgan fingerprint density at radius 2 is 1.89 bits per heavy atom. The van der Waals surface area contributed by atoms with E-state index in [9.17, 15) is 0 Å². The summed E-state index contributed by atoms with van der Waals surface area (Å²) in [5, 5.41) is 1.06. The Morgan fingerprint density at radius 3 is 2.59 bits per heavy atom. The van der Waals surface area contributed by atoms with Gasteiger partial charge in [0.15, 0.2) is 0 Å². The summed E-state index contributed by atoms with van der Waals surface area (Å²) in [7, 11) is 0. The van der Waals surface area contributed by atoms with Crippen molar-refractivity contribution in [2.45, 2.75) is 64.8 Å². The van der Waals surface area contributed by atoms with Crippen LogP contribution in [-0.4, -0.2) is 20.5 Å². The van der Waals surface area contributed by atoms with E-state index in [1.54, 1.807) is 0 Å². The Morgan fingerprint density at radius 1 is 1.11 bits per heavy atom. The van der Waals surface area contributed by atoms with Crippen LogP contribution in [0.25, 0.3) is 22.0 Å². The topological polar surface area (TPSA) is 64.7 Å². The molecule has 1 atom stereocenters. The van der Waals surface area contributed by atoms with Gasteiger partial charge in [0, 0.05) is 41.0 Å². The van der Waals surface area contributed by atoms with Crippen LogP contribution in [0.5, 0.6) is 0 Å². The van der Waals surface area contributed by atoms with Crippen molar-refractivity contribution >= 4 is 10.9 Å². The molecule has 2 N–H and O–H groups in total. The van der Waals surface area contributed by atoms with Crippen LogP contribution in [0, 0.1) is 6.92 Å². The molecule has 0 aliphatic rings. The summed E-state index contributed by atoms with van der Waals surface area (Å²) in [6.45, 7) is 8.64. The van der Waals surface area contributed by atoms with Crippen LogP contribution in [0.2, 0.25) is 0 Å². The summed E-state index contributed by atoms with van der Waals surface area (Å²) in [6.07, 6.45) is 9.70. The summed E-state index contributed by atoms with van der Waals surface area (Å²) < 4.78 is 0. The van der Waals surface area contributed by atoms with Crippen molar-refractivity contribution in [1.82, 2.24) is 15.0 Å². The van der Waals surface area contributed by atoms with Gasteiger partial charge < -0.3 is 5.73 Å². The van der Waals surface area contributed by atoms with Crippen molar-refractivity contribution < 1.29 is 0 Å². The predicted octanol–water partition coefficient (Wildman–Crippen LogP) is 5.40. The zero-order valence-corrected chi connectivity index (χ0v) is 16.9. The van der Waals surface area contributed by atoms with Crippen molar-refractivity contribution in [2.75, 3.05) is 0 Å². The van der Waals surface area contributed by atoms with Crippen LogP contribution >= 0.6 is 0 Å². The molecule has 4 heteroatoms. The molecule has 3 aromatic rings. The smallest absolute Gasteiger partial charge is 0.131 e. The van der Waals surface area contributed by atoms with E-state index in [4.69, 9.17) is 10.7 Å². The first-order valence-corrected chi connectivity index (χ1v) is 9.92. The number of nitrogens with zero attached hydrogens (tertiary/aromatic N) is 3. The Hall–Kier alpha value is -2.33. The van der Waals surface area contributed by atoms with Crippen LogP contribution < -0.4 is 5.73 Å². The third kappa shape index (κ3) is 4.33. The van der Waals surface area contributed by atoms with Crippen LogP contribution in [0.4, 0.5) is 0 Å². The average Bonchev–Trinajstić information content (AvgIpc) is 2.71. The second kappa shape index (κ2) is 8.13. The van der Waals surface area contributed by atoms with Gasteiger partial charge in [0.1, 0.15) is 5.82 Å². The highest BCUT2D eigenvalue weighted by Crippen LogP contribution is 2.28. The number of hydrogen-bond donors (Lipinski definition) is 1. The SMILES string of the molecule is CCC(N)(CC)CCC(C)c1ncc2cc(-c3cnccc3C)ccc2n1. The van der Waals surface area contributed by atoms with E-state index in [0.29, 0.717) is 5.92 Å². The molecule has 0 saturated carbocycles. The number of aryl methyl sites for hydroxylation is 1. The third-order valence-corrected chi connectivity index (χ3v) is 5.87. The van der Waals surface area contributed by atoms with Crippen LogP contribution in [0.15, 0.2) is 42.9 Å². The normalized spacial score (nSPS) is 13.1. The minimum atomic E-state index is -0.0679. The van der Waals surface area contributed by atoms with Crippen molar-refractivity contribution in [3.63, 3.8) is 0 Å². The molecule has 1 aromatic carbocycles. The minimum Gasteiger partial charge on any atom is -0.325 e. The van der Waals surface area contributed by atoms with Gasteiger partial charge in [-0.25, -0.2) is 9.97 Å². The highest BCUT2D eigenvalue weighted by Gasteiger charge is 2.22. The molecule has 0 fully saturated rings. The Bertz CT molecular complexity index is 915. The second-order valence-corrected chi connectivity index (χ2v) is 7.70. The molecule has 0 radical (unpaired) electrons. The number of pyridine rings is 1. The van der Waals surface area contributed by atoms with E-state index < -0.39 is 0 Å². The van der Waals surface area contributed by atoms with E-state index in [1.165, 1.54) is 5.56 Å². The van der Waals surface area contributed by atoms with Crippen molar-refractivity contribution in [2.24, 2.45) is 5.73 Å². The van der Waals surface area contributed by atoms with Gasteiger partial charge in [0.2, 0.25) is 0 Å². The summed E-state index contributed by atoms with van der Waals surface area (Å²) in [4.78, 5) is 13.7. The number of benzene rings is 1. The van der Waals surface area contributed by atoms with Gasteiger partial charge in [0.05, 0.1) is 5.52 Å². The standard InChI is InChI=1S/C23H30N4/c1-5-23(24,6-2)11-9-17(4)22-26-14-19-13-18(7-8-21(19)27-22)20-15-25-12-10-16(20)3/h7-8,10,12-15,17H,5-6,9,11,24H2,1-4H3. The molecule has 0 aliphatic heterocycles. The average molecular weight is 363 g/mol. The number of nitrogens with two attached hydrogens (primary N) is 1. The van der Waals surface area contributed by atoms with Crippen molar-refractivity contribution in [1.29, 1.82) is 0 Å². The molecular weight excluding hydrogens is 332 g/mol. The van der Waals surface area contributed by atoms with Crippen LogP contribution in [0.1, 0.15) is 63.8 Å². The van der Waals surface area contributed by atoms with E-state index in [1.807, 2.05) is 24.7 Å². The minimum absolute atomic E-state index is 0.0679. The van der Waals surface area contributed by atoms with E-state index in [0.717, 1.165) is 53.5 Å². The highest BCUT2D eigenvalue weighted by molar-refractivity contribution is 5.84. The summed E-state index contributed by atoms with van der Waals surface area (Å²) in [5.74, 6) is 1.21. The van der Waals surface area contributed by atoms with Gasteiger partial charge in [-0.05, 0) is 61.9 Å². The molecule has 0 bridgehead atoms. The predicted molar refractivity (Wildman–Crippen MR) is 113 cm³/mol. The Kier molecular flexibility index (Phi) is 5.85. The van der Waals surface area contributed by atoms with Gasteiger partial charge in [-0.2, -0.15) is 0 Å². The number of aromatic nitrogens is 3. The lowest BCUT2D eigenvalue weighted by Gasteiger charge is -2.27. The Balaban J connectivity index is 1.82. The first kappa shape index (κ1) is 19.4. The van der Waals surface area contributed by atoms with Crippen LogP contribution in [-0.2, 0) is 0 Å². The molecule has 2 heterocycles. The largest absolute Gasteiger partial charge is 0.325 e. The van der Waals surface area contributed by atoms with E-state index >= 15 is 0 Å². The molecule has 2 aromatic heterocycles. The fourth-order valence-corrected chi connectivity index (χ4v) is 3.46. The molecule has 3 rings (SSSR count). The van der Waals surface area contributed by atoms with Gasteiger partial charge in [-0.1, -0.05) is 26.8 Å². The summed E-state index contributed by atoms with van der Waals surface area (Å²) >= 11 is 0. The van der Waals surface area contributed by atoms with E-state index in [-0.39, 0.29) is 5.54 Å². The number of hydrogen-bond acceptors (Lipinski definition) is 4. The quantitative estimate of drug-likeness (QED) is 0.611. The van der Waals surface area contributed by atoms with Gasteiger partial charge in [-0.3, -0.25) is 4.98 Å². The molecular formula is C23H30N4. The van der Waals surface area contributed by atoms with E-state index in [2.05, 4.69) is 55.9 Å². The molecule has 0 spiro atoms. The monoisotopic (exact) mass is 362 g/mol. The Labute approximate surface area is 162 Å². The zero-order chi connectivity index (χ0) is 19.4. The first-order valence-electron chi connectivity index (χ1n) is 9.92. The van der Waals surface area contributed by atoms with Gasteiger partial charge in [-0.15, -0.1) is 0 Å². The third-order valence-electron chi connectivity index (χ3n) is 5.87. The summed E-state index contributed by atoms with van der Waals surface area (Å²) in [5.41, 5.74) is 10.9. The second-order valence-electron chi connectivity index (χ2n) is 7.70. The maximum Gasteiger partial charge on any atom is 0.131 e. The lowest BCUT2D eigenvalue weighted by atomic mass is 9.86. The molecule has 27 heavy (non-hydrogen) atoms. The van der Waals surface area contributed by atoms with Gasteiger partial charge >= 0.3 is 0 Å². The lowest BCUT2D eigenvalue weighted by molar-refractivity contribution is 0.345. The van der Waals surface area contributed by atoms with Crippen molar-refractivity contribution in [3.05, 3.63) is 54.2 Å². The maximum atomic E-state index is 6.45. The number of rotatable bonds is 7. The zero-order valence-electron chi connectivity index (χ0n) is 16.9. The molecule has 1 unspecified atom stereocenters. The fourth-order valence-electron chi connectivity index (χ4n) is 3.46. The summed E-state index contributed by atoms with van der Waals surface area (Å²) in [6, 6.07) is 8.38. The number of fused-ring (bicyclic) bond motifs is 1. The molecule has 142 valence electrons. The van der Waals surface area contributed by atoms with Crippen molar-refractivity contribution in [3.8, 4) is 11.1 Å². The highest BCUT2D eigenvalue weighted by atomic mass is 14.9. The van der Waals surface area contributed by atoms with Crippen LogP contribution in [0.3, 0.4) is 0 Å². The lowest BCUT2D eigenvalue weighted by Crippen LogP contribution is -2.38. The first-order chi connectivity index (χ1) is 13.0. The molecule has 0 aliphatic carbocycles. The van der Waals surface area contributed by atoms with Gasteiger partial charge in [0.25, 0.3) is 0 Å². The fraction of sp³-hybridized carbons (Fsp3) is 0.435. The molecule has 0 saturated heterocycles.